The van der Waals surface area contributed by atoms with Crippen LogP contribution in [0.15, 0.2) is 0 Å². The van der Waals surface area contributed by atoms with Gasteiger partial charge in [0.05, 0.1) is 12.4 Å². The zero-order chi connectivity index (χ0) is 12.1. The first-order chi connectivity index (χ1) is 6.78. The van der Waals surface area contributed by atoms with Gasteiger partial charge in [-0.2, -0.15) is 4.08 Å². The number of nitrogens with zero attached hydrogens (tertiary/aromatic N) is 1. The van der Waals surface area contributed by atoms with Crippen LogP contribution < -0.4 is 56.3 Å². The van der Waals surface area contributed by atoms with Crippen molar-refractivity contribution in [2.24, 2.45) is 0 Å². The molecule has 1 atom stereocenters. The Morgan fingerprint density at radius 2 is 1.94 bits per heavy atom. The Hall–Kier alpha value is 2.12. The van der Waals surface area contributed by atoms with Crippen LogP contribution >= 0.6 is 6.64 Å². The molecule has 16 heavy (non-hydrogen) atoms. The fourth-order valence-corrected chi connectivity index (χ4v) is 5.10. The molecule has 0 aliphatic rings. The van der Waals surface area contributed by atoms with E-state index < -0.39 is 16.7 Å². The van der Waals surface area contributed by atoms with Crippen LogP contribution in [0.5, 0.6) is 0 Å². The van der Waals surface area contributed by atoms with Crippen molar-refractivity contribution in [3.63, 3.8) is 0 Å². The van der Waals surface area contributed by atoms with E-state index in [2.05, 4.69) is 11.8 Å². The molecule has 0 aromatic rings. The summed E-state index contributed by atoms with van der Waals surface area (Å²) >= 11 is 4.64. The second kappa shape index (κ2) is 9.09. The molecule has 0 heterocycles. The van der Waals surface area contributed by atoms with Crippen LogP contribution in [0, 0.1) is 0 Å². The molecule has 1 unspecified atom stereocenters. The summed E-state index contributed by atoms with van der Waals surface area (Å²) in [5, 5.41) is 0. The third kappa shape index (κ3) is 6.89. The van der Waals surface area contributed by atoms with Gasteiger partial charge in [-0.05, 0) is 13.3 Å². The first-order valence-electron chi connectivity index (χ1n) is 4.70. The summed E-state index contributed by atoms with van der Waals surface area (Å²) in [6.45, 7) is 0.0136. The molecule has 0 aliphatic heterocycles. The monoisotopic (exact) mass is 313 g/mol. The summed E-state index contributed by atoms with van der Waals surface area (Å²) in [7, 11) is -2.36. The standard InChI is InChI=1S/C7H18NO4PS2.K/c1-4-6-7-15(10,11)8(3)13(9,14)12-5-2;/h4-7H2,1-3H3,(H,9,14);/q;+1/p-1. The number of sulfonamides is 1. The van der Waals surface area contributed by atoms with Crippen molar-refractivity contribution in [1.82, 2.24) is 4.08 Å². The molecule has 0 radical (unpaired) electrons. The molecular weight excluding hydrogens is 296 g/mol. The van der Waals surface area contributed by atoms with E-state index in [1.54, 1.807) is 6.92 Å². The Balaban J connectivity index is 0. The van der Waals surface area contributed by atoms with Gasteiger partial charge in [-0.1, -0.05) is 25.2 Å². The van der Waals surface area contributed by atoms with Crippen molar-refractivity contribution in [1.29, 1.82) is 0 Å². The summed E-state index contributed by atoms with van der Waals surface area (Å²) in [5.41, 5.74) is 0. The summed E-state index contributed by atoms with van der Waals surface area (Å²) in [6.07, 6.45) is 1.28. The molecule has 0 fully saturated rings. The van der Waals surface area contributed by atoms with Crippen LogP contribution in [0.2, 0.25) is 0 Å². The van der Waals surface area contributed by atoms with Gasteiger partial charge in [-0.15, -0.1) is 0 Å². The van der Waals surface area contributed by atoms with E-state index in [1.807, 2.05) is 6.92 Å². The molecule has 0 rings (SSSR count). The maximum atomic E-state index is 11.7. The van der Waals surface area contributed by atoms with Crippen molar-refractivity contribution >= 4 is 28.5 Å². The SMILES string of the molecule is CCCCS(=O)(=O)N(C)P([O-])(=S)OCC.[K+]. The number of rotatable bonds is 7. The van der Waals surface area contributed by atoms with Crippen molar-refractivity contribution in [2.75, 3.05) is 19.4 Å². The topological polar surface area (TPSA) is 69.7 Å². The van der Waals surface area contributed by atoms with E-state index in [1.165, 1.54) is 7.05 Å². The second-order valence-corrected chi connectivity index (χ2v) is 8.56. The van der Waals surface area contributed by atoms with Crippen LogP contribution in [-0.4, -0.2) is 31.9 Å². The Morgan fingerprint density at radius 1 is 1.44 bits per heavy atom. The first-order valence-corrected chi connectivity index (χ1v) is 8.90. The van der Waals surface area contributed by atoms with Crippen molar-refractivity contribution in [3.8, 4) is 0 Å². The molecule has 92 valence electrons. The van der Waals surface area contributed by atoms with Crippen molar-refractivity contribution < 1.29 is 69.2 Å². The van der Waals surface area contributed by atoms with Gasteiger partial charge in [0.15, 0.2) is 0 Å². The minimum atomic E-state index is -3.62. The first kappa shape index (κ1) is 20.4. The smallest absolute Gasteiger partial charge is 0.789 e. The molecule has 0 aliphatic carbocycles. The maximum absolute atomic E-state index is 11.7. The average Bonchev–Trinajstić information content (AvgIpc) is 2.13. The minimum Gasteiger partial charge on any atom is -0.789 e. The zero-order valence-electron chi connectivity index (χ0n) is 10.2. The summed E-state index contributed by atoms with van der Waals surface area (Å²) in [6, 6.07) is 0. The van der Waals surface area contributed by atoms with Crippen molar-refractivity contribution in [3.05, 3.63) is 0 Å². The van der Waals surface area contributed by atoms with Crippen LogP contribution in [0.25, 0.3) is 0 Å². The molecule has 0 saturated carbocycles. The van der Waals surface area contributed by atoms with E-state index in [0.29, 0.717) is 10.5 Å². The predicted molar refractivity (Wildman–Crippen MR) is 62.4 cm³/mol. The molecule has 5 nitrogen and oxygen atoms in total. The molecule has 0 aromatic heterocycles. The van der Waals surface area contributed by atoms with Gasteiger partial charge in [-0.3, -0.25) is 0 Å². The number of unbranched alkanes of at least 4 members (excludes halogenated alkanes) is 1. The van der Waals surface area contributed by atoms with E-state index in [-0.39, 0.29) is 63.7 Å². The third-order valence-corrected chi connectivity index (χ3v) is 7.43. The van der Waals surface area contributed by atoms with Gasteiger partial charge in [0.1, 0.15) is 0 Å². The zero-order valence-corrected chi connectivity index (χ0v) is 15.8. The molecular formula is C7H17KNO4PS2. The summed E-state index contributed by atoms with van der Waals surface area (Å²) in [4.78, 5) is 11.7. The predicted octanol–water partition coefficient (Wildman–Crippen LogP) is -2.33. The number of hydrogen-bond acceptors (Lipinski definition) is 5. The summed E-state index contributed by atoms with van der Waals surface area (Å²) < 4.78 is 28.7. The molecule has 0 aromatic carbocycles. The number of hydrogen-bond donors (Lipinski definition) is 0. The van der Waals surface area contributed by atoms with Crippen LogP contribution in [0.1, 0.15) is 26.7 Å². The molecule has 9 heteroatoms. The molecule has 0 spiro atoms. The van der Waals surface area contributed by atoms with Gasteiger partial charge in [0.2, 0.25) is 10.0 Å². The Kier molecular flexibility index (Phi) is 11.6. The molecule has 0 N–H and O–H groups in total. The fraction of sp³-hybridized carbons (Fsp3) is 1.00. The maximum Gasteiger partial charge on any atom is 1.00 e. The Bertz CT molecular complexity index is 335. The van der Waals surface area contributed by atoms with E-state index in [9.17, 15) is 13.3 Å². The average molecular weight is 313 g/mol. The van der Waals surface area contributed by atoms with E-state index >= 15 is 0 Å². The van der Waals surface area contributed by atoms with Crippen molar-refractivity contribution in [2.45, 2.75) is 26.7 Å². The third-order valence-electron chi connectivity index (χ3n) is 1.80. The normalized spacial score (nSPS) is 15.6. The van der Waals surface area contributed by atoms with Gasteiger partial charge in [0, 0.05) is 13.7 Å². The van der Waals surface area contributed by atoms with Crippen LogP contribution in [-0.2, 0) is 26.4 Å². The van der Waals surface area contributed by atoms with Gasteiger partial charge < -0.3 is 9.42 Å². The van der Waals surface area contributed by atoms with Gasteiger partial charge in [-0.25, -0.2) is 8.42 Å². The second-order valence-electron chi connectivity index (χ2n) is 2.99. The minimum absolute atomic E-state index is 0. The Morgan fingerprint density at radius 3 is 2.31 bits per heavy atom. The van der Waals surface area contributed by atoms with Crippen LogP contribution in [0.4, 0.5) is 0 Å². The Labute approximate surface area is 146 Å². The largest absolute Gasteiger partial charge is 1.00 e. The van der Waals surface area contributed by atoms with Crippen LogP contribution in [0.3, 0.4) is 0 Å². The molecule has 0 saturated heterocycles. The van der Waals surface area contributed by atoms with E-state index in [4.69, 9.17) is 4.52 Å². The summed E-state index contributed by atoms with van der Waals surface area (Å²) in [5.74, 6) is -0.0479. The van der Waals surface area contributed by atoms with E-state index in [0.717, 1.165) is 6.42 Å². The van der Waals surface area contributed by atoms with Gasteiger partial charge >= 0.3 is 51.4 Å². The fourth-order valence-electron chi connectivity index (χ4n) is 0.856. The quantitative estimate of drug-likeness (QED) is 0.390. The molecule has 0 bridgehead atoms. The molecule has 0 amide bonds. The van der Waals surface area contributed by atoms with Gasteiger partial charge in [0.25, 0.3) is 0 Å².